The molecular formula is C21H18N2S2. The Morgan fingerprint density at radius 1 is 0.680 bits per heavy atom. The fourth-order valence-electron chi connectivity index (χ4n) is 2.83. The van der Waals surface area contributed by atoms with Crippen LogP contribution in [0.25, 0.3) is 32.5 Å². The lowest BCUT2D eigenvalue weighted by atomic mass is 10.0. The second kappa shape index (κ2) is 6.54. The smallest absolute Gasteiger partial charge is 0.152 e. The summed E-state index contributed by atoms with van der Waals surface area (Å²) in [6.07, 6.45) is 0. The lowest BCUT2D eigenvalue weighted by molar-refractivity contribution is 1.32. The van der Waals surface area contributed by atoms with Gasteiger partial charge in [0.15, 0.2) is 10.0 Å². The summed E-state index contributed by atoms with van der Waals surface area (Å²) in [4.78, 5) is 9.62. The first kappa shape index (κ1) is 16.2. The second-order valence-electron chi connectivity index (χ2n) is 6.26. The number of hydrogen-bond donors (Lipinski definition) is 0. The quantitative estimate of drug-likeness (QED) is 0.414. The average Bonchev–Trinajstić information content (AvgIpc) is 3.24. The molecule has 2 aromatic heterocycles. The van der Waals surface area contributed by atoms with Gasteiger partial charge >= 0.3 is 0 Å². The molecule has 0 saturated carbocycles. The van der Waals surface area contributed by atoms with E-state index in [1.54, 1.807) is 22.7 Å². The Morgan fingerprint density at radius 2 is 1.28 bits per heavy atom. The first-order chi connectivity index (χ1) is 12.1. The minimum atomic E-state index is 0.983. The van der Waals surface area contributed by atoms with Crippen LogP contribution in [-0.2, 0) is 0 Å². The average molecular weight is 363 g/mol. The molecule has 124 valence electrons. The zero-order valence-electron chi connectivity index (χ0n) is 14.4. The van der Waals surface area contributed by atoms with Gasteiger partial charge in [-0.25, -0.2) is 9.97 Å². The Morgan fingerprint density at radius 3 is 1.96 bits per heavy atom. The van der Waals surface area contributed by atoms with Crippen LogP contribution in [0.2, 0.25) is 0 Å². The molecule has 0 aliphatic carbocycles. The molecule has 2 nitrogen and oxygen atoms in total. The van der Waals surface area contributed by atoms with Gasteiger partial charge in [0.25, 0.3) is 0 Å². The van der Waals surface area contributed by atoms with Crippen LogP contribution in [0.5, 0.6) is 0 Å². The molecule has 0 bridgehead atoms. The SMILES string of the molecule is Cc1ccc(-c2csc(-c3nc(-c4ccc(C)cc4C)cs3)n2)cc1. The number of benzene rings is 2. The Balaban J connectivity index is 1.65. The molecule has 25 heavy (non-hydrogen) atoms. The maximum atomic E-state index is 4.83. The molecule has 2 aromatic carbocycles. The topological polar surface area (TPSA) is 25.8 Å². The predicted octanol–water partition coefficient (Wildman–Crippen LogP) is 6.53. The van der Waals surface area contributed by atoms with E-state index in [0.29, 0.717) is 0 Å². The molecule has 0 aliphatic heterocycles. The van der Waals surface area contributed by atoms with E-state index in [2.05, 4.69) is 74.0 Å². The third kappa shape index (κ3) is 3.28. The van der Waals surface area contributed by atoms with Crippen molar-refractivity contribution < 1.29 is 0 Å². The van der Waals surface area contributed by atoms with Crippen molar-refractivity contribution in [1.82, 2.24) is 9.97 Å². The molecule has 0 spiro atoms. The summed E-state index contributed by atoms with van der Waals surface area (Å²) in [7, 11) is 0. The van der Waals surface area contributed by atoms with Crippen LogP contribution >= 0.6 is 22.7 Å². The van der Waals surface area contributed by atoms with Crippen LogP contribution in [-0.4, -0.2) is 9.97 Å². The van der Waals surface area contributed by atoms with Crippen molar-refractivity contribution >= 4 is 22.7 Å². The minimum absolute atomic E-state index is 0.983. The monoisotopic (exact) mass is 362 g/mol. The van der Waals surface area contributed by atoms with Crippen molar-refractivity contribution in [3.63, 3.8) is 0 Å². The molecule has 0 aliphatic rings. The lowest BCUT2D eigenvalue weighted by Gasteiger charge is -2.03. The molecule has 0 atom stereocenters. The summed E-state index contributed by atoms with van der Waals surface area (Å²) in [5, 5.41) is 6.20. The van der Waals surface area contributed by atoms with E-state index in [1.165, 1.54) is 22.3 Å². The Kier molecular flexibility index (Phi) is 4.24. The molecular weight excluding hydrogens is 344 g/mol. The number of nitrogens with zero attached hydrogens (tertiary/aromatic N) is 2. The van der Waals surface area contributed by atoms with Gasteiger partial charge in [0.05, 0.1) is 11.4 Å². The van der Waals surface area contributed by atoms with Crippen LogP contribution < -0.4 is 0 Å². The molecule has 2 heterocycles. The summed E-state index contributed by atoms with van der Waals surface area (Å²) in [6, 6.07) is 15.0. The molecule has 0 saturated heterocycles. The van der Waals surface area contributed by atoms with Crippen molar-refractivity contribution in [2.24, 2.45) is 0 Å². The highest BCUT2D eigenvalue weighted by Gasteiger charge is 2.12. The second-order valence-corrected chi connectivity index (χ2v) is 7.98. The zero-order chi connectivity index (χ0) is 17.4. The van der Waals surface area contributed by atoms with E-state index in [4.69, 9.17) is 9.97 Å². The largest absolute Gasteiger partial charge is 0.233 e. The highest BCUT2D eigenvalue weighted by Crippen LogP contribution is 2.34. The predicted molar refractivity (Wildman–Crippen MR) is 108 cm³/mol. The summed E-state index contributed by atoms with van der Waals surface area (Å²) in [5.74, 6) is 0. The van der Waals surface area contributed by atoms with Gasteiger partial charge in [-0.1, -0.05) is 53.6 Å². The van der Waals surface area contributed by atoms with Crippen molar-refractivity contribution in [1.29, 1.82) is 0 Å². The maximum Gasteiger partial charge on any atom is 0.152 e. The van der Waals surface area contributed by atoms with Gasteiger partial charge < -0.3 is 0 Å². The zero-order valence-corrected chi connectivity index (χ0v) is 16.0. The van der Waals surface area contributed by atoms with Crippen molar-refractivity contribution in [2.45, 2.75) is 20.8 Å². The third-order valence-electron chi connectivity index (χ3n) is 4.20. The van der Waals surface area contributed by atoms with E-state index < -0.39 is 0 Å². The van der Waals surface area contributed by atoms with E-state index in [1.807, 2.05) is 0 Å². The van der Waals surface area contributed by atoms with E-state index in [-0.39, 0.29) is 0 Å². The summed E-state index contributed by atoms with van der Waals surface area (Å²) < 4.78 is 0. The summed E-state index contributed by atoms with van der Waals surface area (Å²) in [5.41, 5.74) is 8.20. The Bertz CT molecular complexity index is 1030. The van der Waals surface area contributed by atoms with Gasteiger partial charge in [0.1, 0.15) is 0 Å². The normalized spacial score (nSPS) is 11.0. The first-order valence-electron chi connectivity index (χ1n) is 8.16. The molecule has 0 amide bonds. The molecule has 4 rings (SSSR count). The van der Waals surface area contributed by atoms with Crippen LogP contribution in [0.15, 0.2) is 53.2 Å². The highest BCUT2D eigenvalue weighted by atomic mass is 32.1. The number of aryl methyl sites for hydroxylation is 3. The number of hydrogen-bond acceptors (Lipinski definition) is 4. The van der Waals surface area contributed by atoms with Crippen LogP contribution in [0.4, 0.5) is 0 Å². The lowest BCUT2D eigenvalue weighted by Crippen LogP contribution is -1.85. The maximum absolute atomic E-state index is 4.83. The molecule has 0 radical (unpaired) electrons. The highest BCUT2D eigenvalue weighted by molar-refractivity contribution is 7.20. The fraction of sp³-hybridized carbons (Fsp3) is 0.143. The third-order valence-corrected chi connectivity index (χ3v) is 6.02. The van der Waals surface area contributed by atoms with Crippen LogP contribution in [0.3, 0.4) is 0 Å². The standard InChI is InChI=1S/C21H18N2S2/c1-13-4-7-16(8-5-13)18-11-24-20(22-18)21-23-19(12-25-21)17-9-6-14(2)10-15(17)3/h4-12H,1-3H3. The van der Waals surface area contributed by atoms with E-state index in [0.717, 1.165) is 27.0 Å². The van der Waals surface area contributed by atoms with Crippen LogP contribution in [0, 0.1) is 20.8 Å². The van der Waals surface area contributed by atoms with Gasteiger partial charge in [0.2, 0.25) is 0 Å². The van der Waals surface area contributed by atoms with Gasteiger partial charge in [-0.05, 0) is 26.3 Å². The van der Waals surface area contributed by atoms with Gasteiger partial charge in [-0.2, -0.15) is 0 Å². The molecule has 0 N–H and O–H groups in total. The van der Waals surface area contributed by atoms with Gasteiger partial charge in [-0.15, -0.1) is 22.7 Å². The Hall–Kier alpha value is -2.30. The summed E-state index contributed by atoms with van der Waals surface area (Å²) >= 11 is 3.31. The molecule has 0 unspecified atom stereocenters. The fourth-order valence-corrected chi connectivity index (χ4v) is 4.52. The van der Waals surface area contributed by atoms with E-state index in [9.17, 15) is 0 Å². The van der Waals surface area contributed by atoms with Crippen molar-refractivity contribution in [3.05, 3.63) is 69.9 Å². The molecule has 4 heteroatoms. The Labute approximate surface area is 155 Å². The van der Waals surface area contributed by atoms with Crippen LogP contribution in [0.1, 0.15) is 16.7 Å². The van der Waals surface area contributed by atoms with Gasteiger partial charge in [0, 0.05) is 21.9 Å². The summed E-state index contributed by atoms with van der Waals surface area (Å²) in [6.45, 7) is 6.35. The number of aromatic nitrogens is 2. The number of thiazole rings is 2. The van der Waals surface area contributed by atoms with Crippen molar-refractivity contribution in [3.8, 4) is 32.5 Å². The number of rotatable bonds is 3. The van der Waals surface area contributed by atoms with Crippen molar-refractivity contribution in [2.75, 3.05) is 0 Å². The van der Waals surface area contributed by atoms with Gasteiger partial charge in [-0.3, -0.25) is 0 Å². The molecule has 0 fully saturated rings. The molecule has 4 aromatic rings. The minimum Gasteiger partial charge on any atom is -0.233 e. The first-order valence-corrected chi connectivity index (χ1v) is 9.92. The van der Waals surface area contributed by atoms with E-state index >= 15 is 0 Å².